The zero-order valence-electron chi connectivity index (χ0n) is 30.3. The number of pyridine rings is 1. The van der Waals surface area contributed by atoms with Crippen LogP contribution in [0.25, 0.3) is 11.1 Å². The highest BCUT2D eigenvalue weighted by atomic mass is 32.2. The van der Waals surface area contributed by atoms with E-state index >= 15 is 0 Å². The quantitative estimate of drug-likeness (QED) is 0.229. The minimum Gasteiger partial charge on any atom is -0.448 e. The Bertz CT molecular complexity index is 1750. The van der Waals surface area contributed by atoms with E-state index in [1.165, 1.54) is 11.8 Å². The molecule has 4 N–H and O–H groups in total. The van der Waals surface area contributed by atoms with Gasteiger partial charge in [-0.05, 0) is 86.1 Å². The second kappa shape index (κ2) is 14.9. The molecule has 0 bridgehead atoms. The maximum absolute atomic E-state index is 13.9. The Kier molecular flexibility index (Phi) is 10.8. The number of aromatic nitrogens is 3. The van der Waals surface area contributed by atoms with Crippen LogP contribution in [0.1, 0.15) is 59.8 Å². The molecule has 3 aliphatic rings. The maximum Gasteiger partial charge on any atom is 0.254 e. The van der Waals surface area contributed by atoms with Gasteiger partial charge in [-0.1, -0.05) is 0 Å². The molecule has 0 radical (unpaired) electrons. The first-order valence-corrected chi connectivity index (χ1v) is 18.5. The number of amides is 1. The summed E-state index contributed by atoms with van der Waals surface area (Å²) in [5.74, 6) is 0.679. The van der Waals surface area contributed by atoms with Gasteiger partial charge in [-0.15, -0.1) is 11.8 Å². The molecule has 270 valence electrons. The van der Waals surface area contributed by atoms with E-state index in [1.54, 1.807) is 12.4 Å². The number of H-pyrrole nitrogens is 1. The molecule has 3 atom stereocenters. The van der Waals surface area contributed by atoms with E-state index in [-0.39, 0.29) is 36.4 Å². The number of benzene rings is 1. The van der Waals surface area contributed by atoms with Crippen LogP contribution in [-0.4, -0.2) is 97.6 Å². The maximum atomic E-state index is 13.9. The highest BCUT2D eigenvalue weighted by molar-refractivity contribution is 7.98. The standard InChI is InChI=1S/C36H50N8O5S/c1-20-13-28(50-8)27(34(46)42-20)17-39-33(45)25-14-26(22-15-40-35(41-16-22)44-18-29(37-4)47-30(19-44)38-5)32-31(21(25)2)48-36(3,49-32)23-9-11-24(12-10-23)43(6)7/h13-16,23-24,29-30,37-38H,9-12,17-19H2,1-8H3,(H,39,45)(H,42,46)/t23?,24?,29-,30+,36?. The van der Waals surface area contributed by atoms with E-state index in [2.05, 4.69) is 44.8 Å². The zero-order valence-corrected chi connectivity index (χ0v) is 31.1. The van der Waals surface area contributed by atoms with Crippen molar-refractivity contribution in [2.24, 2.45) is 5.92 Å². The molecular formula is C36H50N8O5S. The van der Waals surface area contributed by atoms with Gasteiger partial charge >= 0.3 is 0 Å². The molecule has 1 saturated heterocycles. The molecule has 0 spiro atoms. The molecule has 14 heteroatoms. The van der Waals surface area contributed by atoms with Crippen molar-refractivity contribution in [3.63, 3.8) is 0 Å². The molecular weight excluding hydrogens is 657 g/mol. The van der Waals surface area contributed by atoms with Crippen LogP contribution in [-0.2, 0) is 11.3 Å². The number of hydrogen-bond donors (Lipinski definition) is 4. The topological polar surface area (TPSA) is 146 Å². The molecule has 3 aromatic rings. The SMILES string of the molecule is CN[C@H]1CN(c2ncc(-c3cc(C(=O)NCc4c(SC)cc(C)[nH]c4=O)c(C)c4c3OC(C)(C3CCC(N(C)C)CC3)O4)cn2)C[C@@H](NC)O1. The summed E-state index contributed by atoms with van der Waals surface area (Å²) in [6, 6.07) is 4.29. The lowest BCUT2D eigenvalue weighted by Crippen LogP contribution is -2.56. The average molecular weight is 707 g/mol. The third-order valence-corrected chi connectivity index (χ3v) is 11.2. The number of likely N-dealkylation sites (N-methyl/N-ethyl adjacent to an activating group) is 2. The molecule has 13 nitrogen and oxygen atoms in total. The van der Waals surface area contributed by atoms with Crippen LogP contribution >= 0.6 is 11.8 Å². The molecule has 1 aromatic carbocycles. The first-order chi connectivity index (χ1) is 23.9. The molecule has 1 amide bonds. The lowest BCUT2D eigenvalue weighted by molar-refractivity contribution is -0.123. The third kappa shape index (κ3) is 7.22. The number of anilines is 1. The summed E-state index contributed by atoms with van der Waals surface area (Å²) in [5.41, 5.74) is 3.57. The molecule has 2 aromatic heterocycles. The summed E-state index contributed by atoms with van der Waals surface area (Å²) in [4.78, 5) is 44.4. The normalized spacial score (nSPS) is 24.9. The third-order valence-electron chi connectivity index (χ3n) is 10.4. The number of rotatable bonds is 10. The van der Waals surface area contributed by atoms with Crippen LogP contribution in [0.4, 0.5) is 5.95 Å². The van der Waals surface area contributed by atoms with Gasteiger partial charge in [-0.25, -0.2) is 9.97 Å². The Balaban J connectivity index is 1.33. The van der Waals surface area contributed by atoms with Crippen LogP contribution < -0.4 is 35.9 Å². The van der Waals surface area contributed by atoms with Crippen molar-refractivity contribution in [3.8, 4) is 22.6 Å². The number of nitrogens with zero attached hydrogens (tertiary/aromatic N) is 4. The van der Waals surface area contributed by atoms with Crippen molar-refractivity contribution < 1.29 is 19.0 Å². The fourth-order valence-electron chi connectivity index (χ4n) is 7.28. The van der Waals surface area contributed by atoms with Gasteiger partial charge in [0, 0.05) is 76.2 Å². The lowest BCUT2D eigenvalue weighted by atomic mass is 9.81. The second-order valence-corrected chi connectivity index (χ2v) is 14.7. The van der Waals surface area contributed by atoms with Crippen molar-refractivity contribution in [2.75, 3.05) is 52.4 Å². The summed E-state index contributed by atoms with van der Waals surface area (Å²) in [6.45, 7) is 7.00. The Morgan fingerprint density at radius 3 is 2.28 bits per heavy atom. The molecule has 4 heterocycles. The van der Waals surface area contributed by atoms with Crippen molar-refractivity contribution in [1.82, 2.24) is 35.8 Å². The van der Waals surface area contributed by atoms with Gasteiger partial charge in [0.05, 0.1) is 13.1 Å². The van der Waals surface area contributed by atoms with Crippen molar-refractivity contribution in [3.05, 3.63) is 57.3 Å². The Hall–Kier alpha value is -3.69. The fraction of sp³-hybridized carbons (Fsp3) is 0.556. The number of ether oxygens (including phenoxy) is 3. The van der Waals surface area contributed by atoms with E-state index in [4.69, 9.17) is 24.2 Å². The zero-order chi connectivity index (χ0) is 35.7. The van der Waals surface area contributed by atoms with Gasteiger partial charge in [0.25, 0.3) is 17.3 Å². The number of fused-ring (bicyclic) bond motifs is 1. The van der Waals surface area contributed by atoms with E-state index in [9.17, 15) is 9.59 Å². The predicted octanol–water partition coefficient (Wildman–Crippen LogP) is 3.64. The van der Waals surface area contributed by atoms with Crippen molar-refractivity contribution >= 4 is 23.6 Å². The summed E-state index contributed by atoms with van der Waals surface area (Å²) < 4.78 is 19.5. The molecule has 1 aliphatic carbocycles. The molecule has 2 aliphatic heterocycles. The van der Waals surface area contributed by atoms with Gasteiger partial charge in [-0.3, -0.25) is 20.2 Å². The van der Waals surface area contributed by atoms with Gasteiger partial charge in [-0.2, -0.15) is 0 Å². The van der Waals surface area contributed by atoms with Gasteiger partial charge in [0.1, 0.15) is 12.5 Å². The van der Waals surface area contributed by atoms with Crippen LogP contribution in [0.15, 0.2) is 34.2 Å². The highest BCUT2D eigenvalue weighted by Gasteiger charge is 2.48. The molecule has 6 rings (SSSR count). The Morgan fingerprint density at radius 1 is 1.04 bits per heavy atom. The van der Waals surface area contributed by atoms with Gasteiger partial charge in [0.2, 0.25) is 5.95 Å². The number of aromatic amines is 1. The number of hydrogen-bond acceptors (Lipinski definition) is 12. The van der Waals surface area contributed by atoms with Crippen molar-refractivity contribution in [1.29, 1.82) is 0 Å². The number of carbonyl (C=O) groups is 1. The summed E-state index contributed by atoms with van der Waals surface area (Å²) in [7, 11) is 7.99. The fourth-order valence-corrected chi connectivity index (χ4v) is 7.99. The minimum atomic E-state index is -0.893. The van der Waals surface area contributed by atoms with Gasteiger partial charge in [0.15, 0.2) is 11.5 Å². The summed E-state index contributed by atoms with van der Waals surface area (Å²) >= 11 is 1.48. The number of carbonyl (C=O) groups excluding carboxylic acids is 1. The number of nitrogens with one attached hydrogen (secondary N) is 4. The first kappa shape index (κ1) is 36.1. The molecule has 1 saturated carbocycles. The number of morpholine rings is 1. The van der Waals surface area contributed by atoms with Crippen LogP contribution in [0, 0.1) is 19.8 Å². The summed E-state index contributed by atoms with van der Waals surface area (Å²) in [5, 5.41) is 9.36. The smallest absolute Gasteiger partial charge is 0.254 e. The van der Waals surface area contributed by atoms with Crippen LogP contribution in [0.2, 0.25) is 0 Å². The van der Waals surface area contributed by atoms with E-state index in [1.807, 2.05) is 53.3 Å². The predicted molar refractivity (Wildman–Crippen MR) is 195 cm³/mol. The Morgan fingerprint density at radius 2 is 1.68 bits per heavy atom. The first-order valence-electron chi connectivity index (χ1n) is 17.3. The minimum absolute atomic E-state index is 0.0826. The largest absolute Gasteiger partial charge is 0.448 e. The monoisotopic (exact) mass is 706 g/mol. The van der Waals surface area contributed by atoms with E-state index in [0.29, 0.717) is 64.4 Å². The average Bonchev–Trinajstić information content (AvgIpc) is 3.49. The van der Waals surface area contributed by atoms with Crippen LogP contribution in [0.5, 0.6) is 11.5 Å². The van der Waals surface area contributed by atoms with Crippen molar-refractivity contribution in [2.45, 2.75) is 82.2 Å². The molecule has 1 unspecified atom stereocenters. The molecule has 50 heavy (non-hydrogen) atoms. The number of aryl methyl sites for hydroxylation is 1. The van der Waals surface area contributed by atoms with E-state index in [0.717, 1.165) is 36.3 Å². The second-order valence-electron chi connectivity index (χ2n) is 13.8. The van der Waals surface area contributed by atoms with Crippen LogP contribution in [0.3, 0.4) is 0 Å². The number of thioether (sulfide) groups is 1. The molecule has 2 fully saturated rings. The summed E-state index contributed by atoms with van der Waals surface area (Å²) in [6.07, 6.45) is 9.16. The van der Waals surface area contributed by atoms with Gasteiger partial charge < -0.3 is 34.3 Å². The lowest BCUT2D eigenvalue weighted by Gasteiger charge is -2.39. The highest BCUT2D eigenvalue weighted by Crippen LogP contribution is 2.52. The van der Waals surface area contributed by atoms with E-state index < -0.39 is 5.79 Å². The Labute approximate surface area is 298 Å².